The van der Waals surface area contributed by atoms with Crippen LogP contribution in [0, 0.1) is 6.92 Å². The molecule has 3 aromatic rings. The van der Waals surface area contributed by atoms with E-state index in [-0.39, 0.29) is 12.0 Å². The molecule has 3 rings (SSSR count). The minimum atomic E-state index is 0.0855. The third-order valence-corrected chi connectivity index (χ3v) is 3.79. The predicted molar refractivity (Wildman–Crippen MR) is 93.9 cm³/mol. The standard InChI is InChI=1S/C20H22N2O2/c1-14-7-5-8-15(11-14)19-22-21-18(24-19)13-23-17-10-6-9-16(12-17)20(2,3)4/h5-12H,13H2,1-4H3. The van der Waals surface area contributed by atoms with E-state index in [4.69, 9.17) is 9.15 Å². The fourth-order valence-electron chi connectivity index (χ4n) is 2.40. The molecular weight excluding hydrogens is 300 g/mol. The van der Waals surface area contributed by atoms with E-state index in [1.807, 2.05) is 43.3 Å². The Labute approximate surface area is 142 Å². The van der Waals surface area contributed by atoms with Crippen molar-refractivity contribution in [1.29, 1.82) is 0 Å². The number of rotatable bonds is 4. The summed E-state index contributed by atoms with van der Waals surface area (Å²) >= 11 is 0. The van der Waals surface area contributed by atoms with Crippen LogP contribution < -0.4 is 4.74 Å². The van der Waals surface area contributed by atoms with E-state index in [2.05, 4.69) is 43.1 Å². The quantitative estimate of drug-likeness (QED) is 0.684. The molecule has 1 heterocycles. The summed E-state index contributed by atoms with van der Waals surface area (Å²) in [5.74, 6) is 1.78. The first kappa shape index (κ1) is 16.2. The zero-order valence-electron chi connectivity index (χ0n) is 14.5. The SMILES string of the molecule is Cc1cccc(-c2nnc(COc3cccc(C(C)(C)C)c3)o2)c1. The average Bonchev–Trinajstić information content (AvgIpc) is 3.01. The summed E-state index contributed by atoms with van der Waals surface area (Å²) in [6, 6.07) is 16.1. The Hall–Kier alpha value is -2.62. The van der Waals surface area contributed by atoms with Crippen molar-refractivity contribution in [3.8, 4) is 17.2 Å². The van der Waals surface area contributed by atoms with Crippen LogP contribution >= 0.6 is 0 Å². The fourth-order valence-corrected chi connectivity index (χ4v) is 2.40. The van der Waals surface area contributed by atoms with Gasteiger partial charge in [-0.1, -0.05) is 50.6 Å². The van der Waals surface area contributed by atoms with Gasteiger partial charge in [0.15, 0.2) is 6.61 Å². The maximum absolute atomic E-state index is 5.80. The molecule has 0 bridgehead atoms. The van der Waals surface area contributed by atoms with Crippen molar-refractivity contribution in [2.24, 2.45) is 0 Å². The van der Waals surface area contributed by atoms with Gasteiger partial charge >= 0.3 is 0 Å². The third-order valence-electron chi connectivity index (χ3n) is 3.79. The molecule has 124 valence electrons. The lowest BCUT2D eigenvalue weighted by atomic mass is 9.87. The van der Waals surface area contributed by atoms with E-state index >= 15 is 0 Å². The Morgan fingerprint density at radius 2 is 1.79 bits per heavy atom. The lowest BCUT2D eigenvalue weighted by Gasteiger charge is -2.19. The zero-order valence-corrected chi connectivity index (χ0v) is 14.5. The van der Waals surface area contributed by atoms with Crippen molar-refractivity contribution < 1.29 is 9.15 Å². The molecule has 4 heteroatoms. The summed E-state index contributed by atoms with van der Waals surface area (Å²) in [7, 11) is 0. The second-order valence-electron chi connectivity index (χ2n) is 6.94. The first-order valence-corrected chi connectivity index (χ1v) is 8.04. The highest BCUT2D eigenvalue weighted by Crippen LogP contribution is 2.26. The third kappa shape index (κ3) is 3.82. The topological polar surface area (TPSA) is 48.2 Å². The van der Waals surface area contributed by atoms with Gasteiger partial charge in [-0.3, -0.25) is 0 Å². The molecule has 1 aromatic heterocycles. The number of benzene rings is 2. The van der Waals surface area contributed by atoms with Crippen LogP contribution in [0.2, 0.25) is 0 Å². The number of nitrogens with zero attached hydrogens (tertiary/aromatic N) is 2. The van der Waals surface area contributed by atoms with Gasteiger partial charge in [0.25, 0.3) is 5.89 Å². The van der Waals surface area contributed by atoms with Gasteiger partial charge in [0.1, 0.15) is 5.75 Å². The van der Waals surface area contributed by atoms with E-state index in [0.29, 0.717) is 11.8 Å². The smallest absolute Gasteiger partial charge is 0.254 e. The van der Waals surface area contributed by atoms with Crippen LogP contribution in [-0.2, 0) is 12.0 Å². The van der Waals surface area contributed by atoms with Crippen molar-refractivity contribution in [2.75, 3.05) is 0 Å². The molecule has 4 nitrogen and oxygen atoms in total. The van der Waals surface area contributed by atoms with Crippen molar-refractivity contribution in [1.82, 2.24) is 10.2 Å². The maximum Gasteiger partial charge on any atom is 0.254 e. The minimum Gasteiger partial charge on any atom is -0.484 e. The number of hydrogen-bond donors (Lipinski definition) is 0. The number of aromatic nitrogens is 2. The second kappa shape index (κ2) is 6.48. The highest BCUT2D eigenvalue weighted by atomic mass is 16.5. The Bertz CT molecular complexity index is 831. The molecule has 0 unspecified atom stereocenters. The summed E-state index contributed by atoms with van der Waals surface area (Å²) in [4.78, 5) is 0. The molecule has 0 aliphatic heterocycles. The molecule has 0 amide bonds. The van der Waals surface area contributed by atoms with Crippen molar-refractivity contribution in [3.05, 3.63) is 65.5 Å². The summed E-state index contributed by atoms with van der Waals surface area (Å²) in [6.45, 7) is 8.83. The number of hydrogen-bond acceptors (Lipinski definition) is 4. The molecule has 0 aliphatic carbocycles. The molecule has 0 saturated heterocycles. The fraction of sp³-hybridized carbons (Fsp3) is 0.300. The number of aryl methyl sites for hydroxylation is 1. The van der Waals surface area contributed by atoms with Crippen LogP contribution in [0.3, 0.4) is 0 Å². The molecule has 0 fully saturated rings. The van der Waals surface area contributed by atoms with Crippen molar-refractivity contribution in [2.45, 2.75) is 39.7 Å². The zero-order chi connectivity index (χ0) is 17.2. The predicted octanol–water partition coefficient (Wildman–Crippen LogP) is 4.92. The highest BCUT2D eigenvalue weighted by molar-refractivity contribution is 5.53. The van der Waals surface area contributed by atoms with E-state index in [1.54, 1.807) is 0 Å². The van der Waals surface area contributed by atoms with E-state index in [0.717, 1.165) is 16.9 Å². The van der Waals surface area contributed by atoms with Gasteiger partial charge in [-0.2, -0.15) is 0 Å². The van der Waals surface area contributed by atoms with Gasteiger partial charge in [0, 0.05) is 5.56 Å². The minimum absolute atomic E-state index is 0.0855. The summed E-state index contributed by atoms with van der Waals surface area (Å²) < 4.78 is 11.5. The van der Waals surface area contributed by atoms with Gasteiger partial charge in [-0.25, -0.2) is 0 Å². The van der Waals surface area contributed by atoms with Gasteiger partial charge in [0.05, 0.1) is 0 Å². The van der Waals surface area contributed by atoms with Crippen LogP contribution in [0.15, 0.2) is 52.9 Å². The molecule has 0 aliphatic rings. The summed E-state index contributed by atoms with van der Waals surface area (Å²) in [6.07, 6.45) is 0. The number of ether oxygens (including phenoxy) is 1. The maximum atomic E-state index is 5.80. The van der Waals surface area contributed by atoms with Gasteiger partial charge in [0.2, 0.25) is 5.89 Å². The molecule has 0 N–H and O–H groups in total. The first-order chi connectivity index (χ1) is 11.4. The molecular formula is C20H22N2O2. The first-order valence-electron chi connectivity index (χ1n) is 8.04. The molecule has 0 spiro atoms. The van der Waals surface area contributed by atoms with E-state index in [1.165, 1.54) is 5.56 Å². The van der Waals surface area contributed by atoms with Crippen molar-refractivity contribution >= 4 is 0 Å². The van der Waals surface area contributed by atoms with Crippen LogP contribution in [-0.4, -0.2) is 10.2 Å². The highest BCUT2D eigenvalue weighted by Gasteiger charge is 2.14. The van der Waals surface area contributed by atoms with E-state index < -0.39 is 0 Å². The van der Waals surface area contributed by atoms with Crippen LogP contribution in [0.4, 0.5) is 0 Å². The van der Waals surface area contributed by atoms with Gasteiger partial charge in [-0.15, -0.1) is 10.2 Å². The Balaban J connectivity index is 1.70. The van der Waals surface area contributed by atoms with Gasteiger partial charge < -0.3 is 9.15 Å². The summed E-state index contributed by atoms with van der Waals surface area (Å²) in [5.41, 5.74) is 3.39. The van der Waals surface area contributed by atoms with Crippen molar-refractivity contribution in [3.63, 3.8) is 0 Å². The molecule has 24 heavy (non-hydrogen) atoms. The molecule has 0 atom stereocenters. The Kier molecular flexibility index (Phi) is 4.38. The normalized spacial score (nSPS) is 11.5. The Morgan fingerprint density at radius 3 is 2.54 bits per heavy atom. The van der Waals surface area contributed by atoms with Crippen LogP contribution in [0.5, 0.6) is 5.75 Å². The van der Waals surface area contributed by atoms with E-state index in [9.17, 15) is 0 Å². The lowest BCUT2D eigenvalue weighted by Crippen LogP contribution is -2.11. The van der Waals surface area contributed by atoms with Gasteiger partial charge in [-0.05, 0) is 42.2 Å². The Morgan fingerprint density at radius 1 is 1.00 bits per heavy atom. The summed E-state index contributed by atoms with van der Waals surface area (Å²) in [5, 5.41) is 8.17. The monoisotopic (exact) mass is 322 g/mol. The largest absolute Gasteiger partial charge is 0.484 e. The van der Waals surface area contributed by atoms with Crippen LogP contribution in [0.1, 0.15) is 37.8 Å². The molecule has 0 saturated carbocycles. The average molecular weight is 322 g/mol. The molecule has 2 aromatic carbocycles. The molecule has 0 radical (unpaired) electrons. The second-order valence-corrected chi connectivity index (χ2v) is 6.94. The lowest BCUT2D eigenvalue weighted by molar-refractivity contribution is 0.264. The van der Waals surface area contributed by atoms with Crippen LogP contribution in [0.25, 0.3) is 11.5 Å².